The number of benzene rings is 1. The van der Waals surface area contributed by atoms with Crippen LogP contribution in [0.25, 0.3) is 0 Å². The number of carbonyl (C=O) groups excluding carboxylic acids is 2. The smallest absolute Gasteiger partial charge is 0.247 e. The van der Waals surface area contributed by atoms with E-state index < -0.39 is 11.9 Å². The van der Waals surface area contributed by atoms with Crippen LogP contribution in [-0.2, 0) is 9.59 Å². The van der Waals surface area contributed by atoms with Crippen molar-refractivity contribution in [2.75, 3.05) is 11.9 Å². The van der Waals surface area contributed by atoms with Crippen LogP contribution >= 0.6 is 11.6 Å². The molecular weight excluding hydrogens is 379 g/mol. The summed E-state index contributed by atoms with van der Waals surface area (Å²) in [5.74, 6) is 1.41. The lowest BCUT2D eigenvalue weighted by atomic mass is 9.49. The Hall–Kier alpha value is -1.62. The zero-order chi connectivity index (χ0) is 19.5. The van der Waals surface area contributed by atoms with Crippen LogP contribution in [0.1, 0.15) is 51.4 Å². The third-order valence-corrected chi connectivity index (χ3v) is 7.73. The number of hydrogen-bond donors (Lipinski definition) is 1. The van der Waals surface area contributed by atoms with Crippen molar-refractivity contribution in [3.8, 4) is 0 Å². The molecule has 4 nitrogen and oxygen atoms in total. The number of hydrogen-bond acceptors (Lipinski definition) is 2. The minimum absolute atomic E-state index is 0.0756. The summed E-state index contributed by atoms with van der Waals surface area (Å²) >= 11 is 5.93. The van der Waals surface area contributed by atoms with Gasteiger partial charge in [0.2, 0.25) is 11.8 Å². The average molecular weight is 405 g/mol. The number of likely N-dealkylation sites (tertiary alicyclic amines) is 1. The predicted molar refractivity (Wildman–Crippen MR) is 105 cm³/mol. The van der Waals surface area contributed by atoms with Gasteiger partial charge in [-0.2, -0.15) is 0 Å². The fourth-order valence-electron chi connectivity index (χ4n) is 6.77. The van der Waals surface area contributed by atoms with Gasteiger partial charge in [0, 0.05) is 11.6 Å². The maximum atomic E-state index is 14.0. The van der Waals surface area contributed by atoms with E-state index in [-0.39, 0.29) is 22.9 Å². The van der Waals surface area contributed by atoms with Crippen LogP contribution in [0, 0.1) is 29.0 Å². The number of rotatable bonds is 3. The van der Waals surface area contributed by atoms with Crippen LogP contribution in [0.5, 0.6) is 0 Å². The standard InChI is InChI=1S/C22H26ClFN2O2/c23-16-3-4-17(24)18(9-16)25-20(27)19-2-1-5-26(19)21(28)22-10-13-6-14(11-22)8-15(7-13)12-22/h3-4,9,13-15,19H,1-2,5-8,10-12H2,(H,25,27). The largest absolute Gasteiger partial charge is 0.330 e. The second-order valence-corrected chi connectivity index (χ2v) is 9.90. The third kappa shape index (κ3) is 3.02. The van der Waals surface area contributed by atoms with Crippen LogP contribution in [0.3, 0.4) is 0 Å². The molecule has 6 rings (SSSR count). The van der Waals surface area contributed by atoms with Crippen molar-refractivity contribution in [2.24, 2.45) is 23.2 Å². The lowest BCUT2D eigenvalue weighted by Crippen LogP contribution is -2.56. The van der Waals surface area contributed by atoms with Crippen molar-refractivity contribution in [2.45, 2.75) is 57.4 Å². The zero-order valence-corrected chi connectivity index (χ0v) is 16.7. The Balaban J connectivity index is 1.34. The number of nitrogens with one attached hydrogen (secondary N) is 1. The van der Waals surface area contributed by atoms with Gasteiger partial charge >= 0.3 is 0 Å². The quantitative estimate of drug-likeness (QED) is 0.798. The summed E-state index contributed by atoms with van der Waals surface area (Å²) < 4.78 is 14.0. The summed E-state index contributed by atoms with van der Waals surface area (Å²) in [4.78, 5) is 28.3. The van der Waals surface area contributed by atoms with E-state index in [2.05, 4.69) is 5.32 Å². The molecule has 28 heavy (non-hydrogen) atoms. The van der Waals surface area contributed by atoms with E-state index in [9.17, 15) is 14.0 Å². The van der Waals surface area contributed by atoms with E-state index in [1.165, 1.54) is 37.5 Å². The van der Waals surface area contributed by atoms with Gasteiger partial charge in [-0.1, -0.05) is 11.6 Å². The van der Waals surface area contributed by atoms with E-state index in [1.807, 2.05) is 0 Å². The maximum Gasteiger partial charge on any atom is 0.247 e. The van der Waals surface area contributed by atoms with E-state index in [0.717, 1.165) is 25.7 Å². The molecule has 1 unspecified atom stereocenters. The molecule has 1 aromatic rings. The molecule has 2 amide bonds. The van der Waals surface area contributed by atoms with Crippen LogP contribution in [0.2, 0.25) is 5.02 Å². The van der Waals surface area contributed by atoms with Crippen molar-refractivity contribution in [1.82, 2.24) is 4.90 Å². The Kier molecular flexibility index (Phi) is 4.42. The minimum atomic E-state index is -0.519. The molecule has 1 atom stereocenters. The molecule has 150 valence electrons. The normalized spacial score (nSPS) is 36.0. The molecule has 1 N–H and O–H groups in total. The van der Waals surface area contributed by atoms with Gasteiger partial charge in [0.05, 0.1) is 11.1 Å². The second-order valence-electron chi connectivity index (χ2n) is 9.47. The van der Waals surface area contributed by atoms with Gasteiger partial charge in [-0.15, -0.1) is 0 Å². The first-order valence-electron chi connectivity index (χ1n) is 10.5. The fourth-order valence-corrected chi connectivity index (χ4v) is 6.94. The Labute approximate surface area is 169 Å². The number of nitrogens with zero attached hydrogens (tertiary/aromatic N) is 1. The lowest BCUT2D eigenvalue weighted by Gasteiger charge is -2.56. The van der Waals surface area contributed by atoms with Crippen molar-refractivity contribution < 1.29 is 14.0 Å². The average Bonchev–Trinajstić information content (AvgIpc) is 3.12. The molecule has 0 radical (unpaired) electrons. The minimum Gasteiger partial charge on any atom is -0.330 e. The van der Waals surface area contributed by atoms with Crippen molar-refractivity contribution in [3.05, 3.63) is 29.0 Å². The van der Waals surface area contributed by atoms with Gasteiger partial charge in [0.15, 0.2) is 0 Å². The Morgan fingerprint density at radius 1 is 1.11 bits per heavy atom. The molecule has 1 aromatic carbocycles. The molecule has 4 aliphatic carbocycles. The summed E-state index contributed by atoms with van der Waals surface area (Å²) in [6.45, 7) is 0.622. The van der Waals surface area contributed by atoms with E-state index >= 15 is 0 Å². The highest BCUT2D eigenvalue weighted by molar-refractivity contribution is 6.30. The molecule has 1 aliphatic heterocycles. The highest BCUT2D eigenvalue weighted by Gasteiger charge is 2.56. The summed E-state index contributed by atoms with van der Waals surface area (Å²) in [6, 6.07) is 3.59. The molecule has 5 fully saturated rings. The first kappa shape index (κ1) is 18.4. The highest BCUT2D eigenvalue weighted by atomic mass is 35.5. The van der Waals surface area contributed by atoms with Gasteiger partial charge in [0.1, 0.15) is 11.9 Å². The van der Waals surface area contributed by atoms with Crippen molar-refractivity contribution in [1.29, 1.82) is 0 Å². The van der Waals surface area contributed by atoms with Gasteiger partial charge in [-0.05, 0) is 87.3 Å². The maximum absolute atomic E-state index is 14.0. The highest BCUT2D eigenvalue weighted by Crippen LogP contribution is 2.60. The first-order valence-corrected chi connectivity index (χ1v) is 10.9. The predicted octanol–water partition coefficient (Wildman–Crippen LogP) is 4.63. The monoisotopic (exact) mass is 404 g/mol. The Bertz CT molecular complexity index is 791. The molecule has 5 aliphatic rings. The number of anilines is 1. The van der Waals surface area contributed by atoms with E-state index in [1.54, 1.807) is 4.90 Å². The summed E-state index contributed by atoms with van der Waals surface area (Å²) in [7, 11) is 0. The Morgan fingerprint density at radius 3 is 2.39 bits per heavy atom. The molecule has 0 aromatic heterocycles. The molecule has 4 saturated carbocycles. The lowest BCUT2D eigenvalue weighted by molar-refractivity contribution is -0.160. The van der Waals surface area contributed by atoms with Gasteiger partial charge in [-0.3, -0.25) is 9.59 Å². The molecular formula is C22H26ClFN2O2. The summed E-state index contributed by atoms with van der Waals surface area (Å²) in [5.41, 5.74) is -0.176. The number of amides is 2. The van der Waals surface area contributed by atoms with Crippen LogP contribution < -0.4 is 5.32 Å². The van der Waals surface area contributed by atoms with Gasteiger partial charge in [0.25, 0.3) is 0 Å². The topological polar surface area (TPSA) is 49.4 Å². The third-order valence-electron chi connectivity index (χ3n) is 7.49. The molecule has 1 saturated heterocycles. The molecule has 4 bridgehead atoms. The van der Waals surface area contributed by atoms with Crippen LogP contribution in [-0.4, -0.2) is 29.3 Å². The van der Waals surface area contributed by atoms with E-state index in [4.69, 9.17) is 11.6 Å². The molecule has 6 heteroatoms. The molecule has 0 spiro atoms. The van der Waals surface area contributed by atoms with Gasteiger partial charge in [-0.25, -0.2) is 4.39 Å². The molecule has 1 heterocycles. The number of halogens is 2. The van der Waals surface area contributed by atoms with E-state index in [0.29, 0.717) is 35.7 Å². The van der Waals surface area contributed by atoms with Crippen LogP contribution in [0.4, 0.5) is 10.1 Å². The zero-order valence-electron chi connectivity index (χ0n) is 15.9. The van der Waals surface area contributed by atoms with Gasteiger partial charge < -0.3 is 10.2 Å². The summed E-state index contributed by atoms with van der Waals surface area (Å²) in [6.07, 6.45) is 8.27. The SMILES string of the molecule is O=C(Nc1cc(Cl)ccc1F)C1CCCN1C(=O)C12CC3CC(CC(C3)C1)C2. The summed E-state index contributed by atoms with van der Waals surface area (Å²) in [5, 5.41) is 3.02. The van der Waals surface area contributed by atoms with Crippen molar-refractivity contribution in [3.63, 3.8) is 0 Å². The second kappa shape index (κ2) is 6.72. The van der Waals surface area contributed by atoms with Crippen LogP contribution in [0.15, 0.2) is 18.2 Å². The first-order chi connectivity index (χ1) is 13.4. The van der Waals surface area contributed by atoms with Crippen molar-refractivity contribution >= 4 is 29.1 Å². The number of carbonyl (C=O) groups is 2. The Morgan fingerprint density at radius 2 is 1.75 bits per heavy atom. The fraction of sp³-hybridized carbons (Fsp3) is 0.636.